The zero-order valence-corrected chi connectivity index (χ0v) is 25.8. The number of aryl methyl sites for hydroxylation is 1. The first kappa shape index (κ1) is 32.8. The Hall–Kier alpha value is -4.73. The number of benzene rings is 2. The van der Waals surface area contributed by atoms with Crippen LogP contribution < -0.4 is 15.5 Å². The number of ether oxygens (including phenoxy) is 2. The van der Waals surface area contributed by atoms with E-state index in [0.29, 0.717) is 22.6 Å². The van der Waals surface area contributed by atoms with E-state index < -0.39 is 23.6 Å². The van der Waals surface area contributed by atoms with Gasteiger partial charge < -0.3 is 14.8 Å². The summed E-state index contributed by atoms with van der Waals surface area (Å²) >= 11 is 0. The summed E-state index contributed by atoms with van der Waals surface area (Å²) < 4.78 is 25.8. The molecule has 0 fully saturated rings. The maximum absolute atomic E-state index is 15.0. The van der Waals surface area contributed by atoms with Gasteiger partial charge in [-0.05, 0) is 69.0 Å². The van der Waals surface area contributed by atoms with Crippen LogP contribution in [0.2, 0.25) is 0 Å². The quantitative estimate of drug-likeness (QED) is 0.241. The molecule has 0 atom stereocenters. The van der Waals surface area contributed by atoms with E-state index in [1.165, 1.54) is 4.90 Å². The van der Waals surface area contributed by atoms with Crippen molar-refractivity contribution < 1.29 is 23.5 Å². The number of carbonyl (C=O) groups excluding carboxylic acids is 2. The van der Waals surface area contributed by atoms with Gasteiger partial charge in [0, 0.05) is 29.2 Å². The fourth-order valence-corrected chi connectivity index (χ4v) is 3.86. The molecule has 0 aliphatic heterocycles. The topological polar surface area (TPSA) is 106 Å². The van der Waals surface area contributed by atoms with Crippen molar-refractivity contribution in [1.82, 2.24) is 9.97 Å². The van der Waals surface area contributed by atoms with Gasteiger partial charge in [0.1, 0.15) is 17.9 Å². The van der Waals surface area contributed by atoms with Crippen molar-refractivity contribution in [2.75, 3.05) is 28.7 Å². The summed E-state index contributed by atoms with van der Waals surface area (Å²) in [5.74, 6) is -0.486. The molecule has 3 rings (SSSR count). The molecule has 2 aromatic carbocycles. The number of hydrogen-bond donors (Lipinski definition) is 2. The molecule has 9 nitrogen and oxygen atoms in total. The molecule has 2 N–H and O–H groups in total. The van der Waals surface area contributed by atoms with Crippen LogP contribution in [0.4, 0.5) is 37.0 Å². The third kappa shape index (κ3) is 10.2. The molecule has 2 amide bonds. The molecular weight excluding hydrogens is 549 g/mol. The highest BCUT2D eigenvalue weighted by atomic mass is 19.1. The van der Waals surface area contributed by atoms with Crippen LogP contribution in [-0.2, 0) is 9.47 Å². The molecule has 3 aromatic rings. The molecule has 43 heavy (non-hydrogen) atoms. The van der Waals surface area contributed by atoms with Crippen molar-refractivity contribution >= 4 is 35.2 Å². The van der Waals surface area contributed by atoms with E-state index in [4.69, 9.17) is 9.47 Å². The van der Waals surface area contributed by atoms with Crippen LogP contribution in [0, 0.1) is 18.2 Å². The molecule has 0 bridgehead atoms. The first-order chi connectivity index (χ1) is 20.1. The van der Waals surface area contributed by atoms with Gasteiger partial charge in [-0.2, -0.15) is 0 Å². The first-order valence-electron chi connectivity index (χ1n) is 13.9. The SMILES string of the molecule is C=CCN(C(=O)OC(C)(C)C)c1cccc(Nc2ncc(F)c(-c3cc(NC(=O)OCC=CC(C)(C)C)ccc3C)n2)c1. The summed E-state index contributed by atoms with van der Waals surface area (Å²) in [7, 11) is 0. The number of amides is 2. The van der Waals surface area contributed by atoms with Crippen molar-refractivity contribution in [3.8, 4) is 11.3 Å². The Labute approximate surface area is 252 Å². The lowest BCUT2D eigenvalue weighted by atomic mass is 9.96. The Balaban J connectivity index is 1.81. The molecule has 10 heteroatoms. The van der Waals surface area contributed by atoms with Crippen LogP contribution in [0.5, 0.6) is 0 Å². The number of rotatable bonds is 9. The van der Waals surface area contributed by atoms with Crippen molar-refractivity contribution in [2.24, 2.45) is 5.41 Å². The number of allylic oxidation sites excluding steroid dienone is 1. The minimum Gasteiger partial charge on any atom is -0.445 e. The van der Waals surface area contributed by atoms with E-state index in [1.54, 1.807) is 75.4 Å². The average Bonchev–Trinajstić information content (AvgIpc) is 2.90. The van der Waals surface area contributed by atoms with Crippen molar-refractivity contribution in [3.63, 3.8) is 0 Å². The molecule has 228 valence electrons. The molecule has 0 saturated heterocycles. The molecular formula is C33H40FN5O4. The Morgan fingerprint density at radius 2 is 1.81 bits per heavy atom. The van der Waals surface area contributed by atoms with Gasteiger partial charge in [0.15, 0.2) is 5.82 Å². The predicted molar refractivity (Wildman–Crippen MR) is 169 cm³/mol. The maximum Gasteiger partial charge on any atom is 0.415 e. The van der Waals surface area contributed by atoms with Crippen LogP contribution in [0.1, 0.15) is 47.1 Å². The van der Waals surface area contributed by atoms with Gasteiger partial charge >= 0.3 is 12.2 Å². The third-order valence-electron chi connectivity index (χ3n) is 5.75. The number of halogens is 1. The fourth-order valence-electron chi connectivity index (χ4n) is 3.86. The second-order valence-electron chi connectivity index (χ2n) is 12.0. The van der Waals surface area contributed by atoms with E-state index in [1.807, 2.05) is 33.8 Å². The number of carbonyl (C=O) groups is 2. The number of nitrogens with zero attached hydrogens (tertiary/aromatic N) is 3. The van der Waals surface area contributed by atoms with Gasteiger partial charge in [0.25, 0.3) is 0 Å². The number of nitrogens with one attached hydrogen (secondary N) is 2. The molecule has 0 aliphatic carbocycles. The van der Waals surface area contributed by atoms with Crippen molar-refractivity contribution in [1.29, 1.82) is 0 Å². The maximum atomic E-state index is 15.0. The Morgan fingerprint density at radius 1 is 1.07 bits per heavy atom. The van der Waals surface area contributed by atoms with E-state index in [2.05, 4.69) is 27.2 Å². The normalized spacial score (nSPS) is 11.6. The summed E-state index contributed by atoms with van der Waals surface area (Å²) in [6.45, 7) is 17.5. The molecule has 1 aromatic heterocycles. The lowest BCUT2D eigenvalue weighted by Gasteiger charge is -2.27. The molecule has 0 aliphatic rings. The monoisotopic (exact) mass is 589 g/mol. The second kappa shape index (κ2) is 14.0. The fraction of sp³-hybridized carbons (Fsp3) is 0.333. The van der Waals surface area contributed by atoms with Gasteiger partial charge in [0.05, 0.1) is 6.20 Å². The van der Waals surface area contributed by atoms with Crippen molar-refractivity contribution in [2.45, 2.75) is 54.1 Å². The summed E-state index contributed by atoms with van der Waals surface area (Å²) in [4.78, 5) is 35.1. The van der Waals surface area contributed by atoms with E-state index in [-0.39, 0.29) is 30.2 Å². The smallest absolute Gasteiger partial charge is 0.415 e. The highest BCUT2D eigenvalue weighted by Gasteiger charge is 2.23. The van der Waals surface area contributed by atoms with Crippen LogP contribution in [0.3, 0.4) is 0 Å². The van der Waals surface area contributed by atoms with Gasteiger partial charge in [-0.1, -0.05) is 51.1 Å². The zero-order chi connectivity index (χ0) is 31.8. The number of aromatic nitrogens is 2. The molecule has 0 saturated carbocycles. The molecule has 1 heterocycles. The van der Waals surface area contributed by atoms with Crippen LogP contribution in [0.15, 0.2) is 73.5 Å². The minimum atomic E-state index is -0.667. The Morgan fingerprint density at radius 3 is 2.49 bits per heavy atom. The Bertz CT molecular complexity index is 1490. The summed E-state index contributed by atoms with van der Waals surface area (Å²) in [6.07, 6.45) is 5.29. The third-order valence-corrected chi connectivity index (χ3v) is 5.75. The average molecular weight is 590 g/mol. The van der Waals surface area contributed by atoms with Crippen molar-refractivity contribution in [3.05, 3.63) is 84.8 Å². The lowest BCUT2D eigenvalue weighted by molar-refractivity contribution is 0.0584. The lowest BCUT2D eigenvalue weighted by Crippen LogP contribution is -2.37. The molecule has 0 radical (unpaired) electrons. The standard InChI is InChI=1S/C33H40FN5O4/c1-9-17-39(31(41)43-33(6,7)8)25-13-10-12-23(19-25)36-29-35-21-27(34)28(38-29)26-20-24(15-14-22(26)2)37-30(40)42-18-11-16-32(3,4)5/h9-16,19-21H,1,17-18H2,2-8H3,(H,37,40)(H,35,36,38). The van der Waals surface area contributed by atoms with Gasteiger partial charge in [-0.15, -0.1) is 6.58 Å². The Kier molecular flexibility index (Phi) is 10.6. The summed E-state index contributed by atoms with van der Waals surface area (Å²) in [5.41, 5.74) is 2.16. The van der Waals surface area contributed by atoms with E-state index in [9.17, 15) is 9.59 Å². The molecule has 0 unspecified atom stereocenters. The van der Waals surface area contributed by atoms with Crippen LogP contribution in [0.25, 0.3) is 11.3 Å². The van der Waals surface area contributed by atoms with Crippen LogP contribution in [-0.4, -0.2) is 40.9 Å². The predicted octanol–water partition coefficient (Wildman–Crippen LogP) is 8.41. The van der Waals surface area contributed by atoms with E-state index >= 15 is 4.39 Å². The van der Waals surface area contributed by atoms with Crippen LogP contribution >= 0.6 is 0 Å². The van der Waals surface area contributed by atoms with E-state index in [0.717, 1.165) is 11.8 Å². The molecule has 0 spiro atoms. The summed E-state index contributed by atoms with van der Waals surface area (Å²) in [6, 6.07) is 12.1. The highest BCUT2D eigenvalue weighted by Crippen LogP contribution is 2.29. The number of hydrogen-bond acceptors (Lipinski definition) is 7. The second-order valence-corrected chi connectivity index (χ2v) is 12.0. The number of anilines is 4. The van der Waals surface area contributed by atoms with Gasteiger partial charge in [-0.3, -0.25) is 10.2 Å². The highest BCUT2D eigenvalue weighted by molar-refractivity contribution is 5.89. The zero-order valence-electron chi connectivity index (χ0n) is 25.8. The minimum absolute atomic E-state index is 0.0181. The summed E-state index contributed by atoms with van der Waals surface area (Å²) in [5, 5.41) is 5.76. The largest absolute Gasteiger partial charge is 0.445 e. The first-order valence-corrected chi connectivity index (χ1v) is 13.9. The van der Waals surface area contributed by atoms with Gasteiger partial charge in [-0.25, -0.2) is 23.9 Å². The van der Waals surface area contributed by atoms with Gasteiger partial charge in [0.2, 0.25) is 5.95 Å².